The van der Waals surface area contributed by atoms with Gasteiger partial charge in [-0.3, -0.25) is 9.59 Å². The van der Waals surface area contributed by atoms with Crippen LogP contribution in [0.15, 0.2) is 24.3 Å². The highest BCUT2D eigenvalue weighted by Crippen LogP contribution is 2.14. The number of ketones is 1. The molecular weight excluding hydrogens is 398 g/mol. The number of hydrogen-bond donors (Lipinski definition) is 1. The van der Waals surface area contributed by atoms with Crippen molar-refractivity contribution in [3.8, 4) is 0 Å². The first-order chi connectivity index (χ1) is 15.7. The second-order valence-electron chi connectivity index (χ2n) is 8.83. The van der Waals surface area contributed by atoms with Crippen LogP contribution in [0.1, 0.15) is 127 Å². The smallest absolute Gasteiger partial charge is 0.306 e. The maximum atomic E-state index is 12.1. The molecule has 0 bridgehead atoms. The number of benzene rings is 1. The summed E-state index contributed by atoms with van der Waals surface area (Å²) in [6, 6.07) is 7.56. The van der Waals surface area contributed by atoms with E-state index in [1.165, 1.54) is 89.9 Å². The van der Waals surface area contributed by atoms with Crippen molar-refractivity contribution in [2.24, 2.45) is 0 Å². The van der Waals surface area contributed by atoms with Gasteiger partial charge in [-0.2, -0.15) is 0 Å². The third-order valence-electron chi connectivity index (χ3n) is 5.93. The number of carbonyl (C=O) groups is 2. The van der Waals surface area contributed by atoms with Crippen molar-refractivity contribution in [1.82, 2.24) is 0 Å². The number of carbonyl (C=O) groups excluding carboxylic acids is 2. The van der Waals surface area contributed by atoms with Crippen LogP contribution < -0.4 is 5.32 Å². The minimum Gasteiger partial charge on any atom is -0.466 e. The Morgan fingerprint density at radius 2 is 1.19 bits per heavy atom. The van der Waals surface area contributed by atoms with Gasteiger partial charge in [0, 0.05) is 24.2 Å². The number of ether oxygens (including phenoxy) is 1. The standard InChI is InChI=1S/C28H47NO3/c1-3-5-6-7-8-9-10-11-12-13-14-15-16-17-24-29-26-20-18-25(19-21-26)27(30)22-23-28(31)32-4-2/h18-21,29H,3-17,22-24H2,1-2H3. The first-order valence-electron chi connectivity index (χ1n) is 13.2. The van der Waals surface area contributed by atoms with Crippen LogP contribution >= 0.6 is 0 Å². The summed E-state index contributed by atoms with van der Waals surface area (Å²) in [5.74, 6) is -0.330. The zero-order valence-corrected chi connectivity index (χ0v) is 20.8. The molecule has 0 amide bonds. The van der Waals surface area contributed by atoms with E-state index < -0.39 is 0 Å². The molecule has 1 aromatic carbocycles. The van der Waals surface area contributed by atoms with Crippen molar-refractivity contribution < 1.29 is 14.3 Å². The van der Waals surface area contributed by atoms with Gasteiger partial charge >= 0.3 is 5.97 Å². The average Bonchev–Trinajstić information content (AvgIpc) is 2.80. The predicted molar refractivity (Wildman–Crippen MR) is 135 cm³/mol. The van der Waals surface area contributed by atoms with Crippen molar-refractivity contribution in [2.75, 3.05) is 18.5 Å². The van der Waals surface area contributed by atoms with Gasteiger partial charge in [0.15, 0.2) is 5.78 Å². The molecule has 0 aromatic heterocycles. The predicted octanol–water partition coefficient (Wildman–Crippen LogP) is 8.11. The molecule has 0 heterocycles. The van der Waals surface area contributed by atoms with E-state index in [1.807, 2.05) is 24.3 Å². The lowest BCUT2D eigenvalue weighted by atomic mass is 10.0. The minimum absolute atomic E-state index is 0.0171. The van der Waals surface area contributed by atoms with Gasteiger partial charge in [0.05, 0.1) is 13.0 Å². The summed E-state index contributed by atoms with van der Waals surface area (Å²) in [6.07, 6.45) is 19.6. The molecule has 32 heavy (non-hydrogen) atoms. The number of Topliss-reactive ketones (excluding diaryl/α,β-unsaturated/α-hetero) is 1. The maximum absolute atomic E-state index is 12.1. The third kappa shape index (κ3) is 15.0. The van der Waals surface area contributed by atoms with Gasteiger partial charge in [-0.1, -0.05) is 90.4 Å². The summed E-state index contributed by atoms with van der Waals surface area (Å²) < 4.78 is 4.87. The molecule has 0 aliphatic heterocycles. The molecule has 0 aliphatic rings. The summed E-state index contributed by atoms with van der Waals surface area (Å²) in [5, 5.41) is 3.44. The van der Waals surface area contributed by atoms with Crippen LogP contribution in [0.5, 0.6) is 0 Å². The zero-order chi connectivity index (χ0) is 23.3. The number of esters is 1. The van der Waals surface area contributed by atoms with Crippen molar-refractivity contribution in [2.45, 2.75) is 117 Å². The number of unbranched alkanes of at least 4 members (excludes halogenated alkanes) is 13. The summed E-state index contributed by atoms with van der Waals surface area (Å²) in [7, 11) is 0. The first kappa shape index (κ1) is 28.2. The number of rotatable bonds is 21. The highest BCUT2D eigenvalue weighted by atomic mass is 16.5. The maximum Gasteiger partial charge on any atom is 0.306 e. The van der Waals surface area contributed by atoms with E-state index >= 15 is 0 Å². The van der Waals surface area contributed by atoms with Crippen molar-refractivity contribution in [1.29, 1.82) is 0 Å². The monoisotopic (exact) mass is 445 g/mol. The minimum atomic E-state index is -0.313. The normalized spacial score (nSPS) is 10.8. The van der Waals surface area contributed by atoms with Crippen LogP contribution in [0.25, 0.3) is 0 Å². The summed E-state index contributed by atoms with van der Waals surface area (Å²) in [4.78, 5) is 23.5. The Kier molecular flexibility index (Phi) is 17.5. The van der Waals surface area contributed by atoms with Gasteiger partial charge in [-0.05, 0) is 37.6 Å². The van der Waals surface area contributed by atoms with Crippen LogP contribution in [0.3, 0.4) is 0 Å². The highest BCUT2D eigenvalue weighted by Gasteiger charge is 2.09. The molecule has 0 unspecified atom stereocenters. The quantitative estimate of drug-likeness (QED) is 0.118. The molecule has 1 N–H and O–H groups in total. The number of anilines is 1. The van der Waals surface area contributed by atoms with E-state index in [9.17, 15) is 9.59 Å². The van der Waals surface area contributed by atoms with Crippen LogP contribution in [-0.2, 0) is 9.53 Å². The molecule has 0 spiro atoms. The molecule has 1 rings (SSSR count). The van der Waals surface area contributed by atoms with Crippen molar-refractivity contribution in [3.63, 3.8) is 0 Å². The fourth-order valence-corrected chi connectivity index (χ4v) is 3.92. The van der Waals surface area contributed by atoms with Crippen molar-refractivity contribution in [3.05, 3.63) is 29.8 Å². The van der Waals surface area contributed by atoms with Gasteiger partial charge in [0.2, 0.25) is 0 Å². The molecule has 0 saturated carbocycles. The lowest BCUT2D eigenvalue weighted by Crippen LogP contribution is -2.08. The van der Waals surface area contributed by atoms with E-state index in [4.69, 9.17) is 4.74 Å². The Hall–Kier alpha value is -1.84. The summed E-state index contributed by atoms with van der Waals surface area (Å²) in [6.45, 7) is 5.37. The van der Waals surface area contributed by atoms with E-state index in [-0.39, 0.29) is 24.6 Å². The Bertz CT molecular complexity index is 597. The Morgan fingerprint density at radius 3 is 1.69 bits per heavy atom. The molecule has 4 heteroatoms. The SMILES string of the molecule is CCCCCCCCCCCCCCCCNc1ccc(C(=O)CCC(=O)OCC)cc1. The van der Waals surface area contributed by atoms with Gasteiger partial charge in [0.25, 0.3) is 0 Å². The van der Waals surface area contributed by atoms with Crippen molar-refractivity contribution >= 4 is 17.4 Å². The highest BCUT2D eigenvalue weighted by molar-refractivity contribution is 5.97. The molecule has 1 aromatic rings. The zero-order valence-electron chi connectivity index (χ0n) is 20.8. The average molecular weight is 446 g/mol. The molecule has 0 radical (unpaired) electrons. The molecular formula is C28H47NO3. The Morgan fingerprint density at radius 1 is 0.688 bits per heavy atom. The van der Waals surface area contributed by atoms with Crippen LogP contribution in [-0.4, -0.2) is 24.9 Å². The van der Waals surface area contributed by atoms with Gasteiger partial charge in [0.1, 0.15) is 0 Å². The van der Waals surface area contributed by atoms with E-state index in [0.29, 0.717) is 12.2 Å². The van der Waals surface area contributed by atoms with E-state index in [2.05, 4.69) is 12.2 Å². The van der Waals surface area contributed by atoms with E-state index in [1.54, 1.807) is 6.92 Å². The fraction of sp³-hybridized carbons (Fsp3) is 0.714. The number of hydrogen-bond acceptors (Lipinski definition) is 4. The lowest BCUT2D eigenvalue weighted by molar-refractivity contribution is -0.143. The third-order valence-corrected chi connectivity index (χ3v) is 5.93. The molecule has 0 saturated heterocycles. The topological polar surface area (TPSA) is 55.4 Å². The Balaban J connectivity index is 1.97. The Labute approximate surface area is 196 Å². The first-order valence-corrected chi connectivity index (χ1v) is 13.2. The molecule has 0 aliphatic carbocycles. The molecule has 182 valence electrons. The molecule has 4 nitrogen and oxygen atoms in total. The largest absolute Gasteiger partial charge is 0.466 e. The second-order valence-corrected chi connectivity index (χ2v) is 8.83. The fourth-order valence-electron chi connectivity index (χ4n) is 3.92. The van der Waals surface area contributed by atoms with Gasteiger partial charge in [-0.15, -0.1) is 0 Å². The summed E-state index contributed by atoms with van der Waals surface area (Å²) in [5.41, 5.74) is 1.69. The lowest BCUT2D eigenvalue weighted by Gasteiger charge is -2.08. The summed E-state index contributed by atoms with van der Waals surface area (Å²) >= 11 is 0. The second kappa shape index (κ2) is 19.8. The number of nitrogens with one attached hydrogen (secondary N) is 1. The van der Waals surface area contributed by atoms with Crippen LogP contribution in [0.2, 0.25) is 0 Å². The van der Waals surface area contributed by atoms with Crippen LogP contribution in [0, 0.1) is 0 Å². The van der Waals surface area contributed by atoms with Gasteiger partial charge in [-0.25, -0.2) is 0 Å². The molecule has 0 fully saturated rings. The molecule has 0 atom stereocenters. The van der Waals surface area contributed by atoms with Gasteiger partial charge < -0.3 is 10.1 Å². The van der Waals surface area contributed by atoms with Crippen LogP contribution in [0.4, 0.5) is 5.69 Å². The van der Waals surface area contributed by atoms with E-state index in [0.717, 1.165) is 12.2 Å².